The van der Waals surface area contributed by atoms with E-state index in [1.807, 2.05) is 13.8 Å². The van der Waals surface area contributed by atoms with Crippen LogP contribution in [0.2, 0.25) is 5.02 Å². The average Bonchev–Trinajstić information content (AvgIpc) is 3.24. The van der Waals surface area contributed by atoms with Gasteiger partial charge in [-0.3, -0.25) is 9.69 Å². The zero-order valence-corrected chi connectivity index (χ0v) is 18.3. The van der Waals surface area contributed by atoms with Gasteiger partial charge >= 0.3 is 6.03 Å². The maximum atomic E-state index is 12.4. The van der Waals surface area contributed by atoms with E-state index in [9.17, 15) is 9.59 Å². The first kappa shape index (κ1) is 21.6. The summed E-state index contributed by atoms with van der Waals surface area (Å²) in [5, 5.41) is 10.2. The zero-order chi connectivity index (χ0) is 22.7. The minimum Gasteiger partial charge on any atom is -0.482 e. The molecule has 0 spiro atoms. The molecule has 3 aromatic rings. The number of halogens is 1. The predicted octanol–water partition coefficient (Wildman–Crippen LogP) is 4.24. The van der Waals surface area contributed by atoms with Crippen molar-refractivity contribution in [1.29, 1.82) is 0 Å². The number of amides is 3. The third kappa shape index (κ3) is 4.83. The summed E-state index contributed by atoms with van der Waals surface area (Å²) < 4.78 is 10.8. The van der Waals surface area contributed by atoms with Crippen LogP contribution < -0.4 is 20.3 Å². The van der Waals surface area contributed by atoms with Gasteiger partial charge in [0.2, 0.25) is 11.7 Å². The minimum absolute atomic E-state index is 0.0702. The molecule has 1 aliphatic heterocycles. The standard InChI is InChI=1S/C22H22ClN5O4/c1-3-13(2)24-22(30)25-16-6-4-5-14(9-16)21-26-19(32-27-21)11-28-17-10-15(23)7-8-18(17)31-12-20(28)29/h4-10,13H,3,11-12H2,1-2H3,(H2,24,25,30). The van der Waals surface area contributed by atoms with Crippen LogP contribution >= 0.6 is 11.6 Å². The van der Waals surface area contributed by atoms with E-state index in [1.54, 1.807) is 42.5 Å². The summed E-state index contributed by atoms with van der Waals surface area (Å²) in [7, 11) is 0. The Labute approximate surface area is 189 Å². The van der Waals surface area contributed by atoms with Crippen LogP contribution in [-0.4, -0.2) is 34.7 Å². The van der Waals surface area contributed by atoms with E-state index in [1.165, 1.54) is 4.90 Å². The molecule has 166 valence electrons. The highest BCUT2D eigenvalue weighted by atomic mass is 35.5. The van der Waals surface area contributed by atoms with Gasteiger partial charge in [0.15, 0.2) is 6.61 Å². The molecule has 1 atom stereocenters. The maximum absolute atomic E-state index is 12.4. The Morgan fingerprint density at radius 2 is 2.12 bits per heavy atom. The molecule has 3 amide bonds. The average molecular weight is 456 g/mol. The lowest BCUT2D eigenvalue weighted by atomic mass is 10.2. The van der Waals surface area contributed by atoms with Crippen LogP contribution in [-0.2, 0) is 11.3 Å². The number of aromatic nitrogens is 2. The molecule has 0 radical (unpaired) electrons. The van der Waals surface area contributed by atoms with Crippen molar-refractivity contribution >= 4 is 34.9 Å². The Kier molecular flexibility index (Phi) is 6.27. The Morgan fingerprint density at radius 3 is 2.94 bits per heavy atom. The number of urea groups is 1. The molecular weight excluding hydrogens is 434 g/mol. The topological polar surface area (TPSA) is 110 Å². The van der Waals surface area contributed by atoms with Gasteiger partial charge in [0.25, 0.3) is 5.91 Å². The number of hydrogen-bond donors (Lipinski definition) is 2. The van der Waals surface area contributed by atoms with Crippen LogP contribution in [0.4, 0.5) is 16.2 Å². The van der Waals surface area contributed by atoms with E-state index in [-0.39, 0.29) is 37.0 Å². The number of carbonyl (C=O) groups is 2. The summed E-state index contributed by atoms with van der Waals surface area (Å²) in [6, 6.07) is 12.0. The number of fused-ring (bicyclic) bond motifs is 1. The Morgan fingerprint density at radius 1 is 1.28 bits per heavy atom. The summed E-state index contributed by atoms with van der Waals surface area (Å²) in [5.41, 5.74) is 1.81. The van der Waals surface area contributed by atoms with Gasteiger partial charge in [0.05, 0.1) is 5.69 Å². The Balaban J connectivity index is 1.50. The molecule has 1 unspecified atom stereocenters. The maximum Gasteiger partial charge on any atom is 0.319 e. The van der Waals surface area contributed by atoms with Crippen LogP contribution in [0.3, 0.4) is 0 Å². The molecule has 32 heavy (non-hydrogen) atoms. The van der Waals surface area contributed by atoms with Crippen molar-refractivity contribution in [1.82, 2.24) is 15.5 Å². The van der Waals surface area contributed by atoms with Crippen molar-refractivity contribution in [2.75, 3.05) is 16.8 Å². The van der Waals surface area contributed by atoms with Gasteiger partial charge in [-0.1, -0.05) is 35.8 Å². The molecule has 1 aliphatic rings. The molecular formula is C22H22ClN5O4. The number of rotatable bonds is 6. The van der Waals surface area contributed by atoms with Crippen LogP contribution in [0.25, 0.3) is 11.4 Å². The lowest BCUT2D eigenvalue weighted by Crippen LogP contribution is -2.38. The lowest BCUT2D eigenvalue weighted by molar-refractivity contribution is -0.121. The number of carbonyl (C=O) groups excluding carboxylic acids is 2. The van der Waals surface area contributed by atoms with Gasteiger partial charge in [-0.05, 0) is 43.7 Å². The number of ether oxygens (including phenoxy) is 1. The quantitative estimate of drug-likeness (QED) is 0.575. The van der Waals surface area contributed by atoms with Gasteiger partial charge in [-0.25, -0.2) is 4.79 Å². The van der Waals surface area contributed by atoms with Crippen molar-refractivity contribution in [2.45, 2.75) is 32.9 Å². The van der Waals surface area contributed by atoms with Gasteiger partial charge in [0.1, 0.15) is 12.3 Å². The summed E-state index contributed by atoms with van der Waals surface area (Å²) in [4.78, 5) is 30.4. The van der Waals surface area contributed by atoms with E-state index in [0.29, 0.717) is 33.5 Å². The SMILES string of the molecule is CCC(C)NC(=O)Nc1cccc(-c2noc(CN3C(=O)COc4ccc(Cl)cc43)n2)c1. The van der Waals surface area contributed by atoms with E-state index >= 15 is 0 Å². The molecule has 0 fully saturated rings. The molecule has 10 heteroatoms. The second-order valence-corrected chi connectivity index (χ2v) is 7.82. The number of nitrogens with zero attached hydrogens (tertiary/aromatic N) is 3. The number of hydrogen-bond acceptors (Lipinski definition) is 6. The third-order valence-corrected chi connectivity index (χ3v) is 5.23. The molecule has 0 saturated carbocycles. The van der Waals surface area contributed by atoms with Crippen molar-refractivity contribution in [2.24, 2.45) is 0 Å². The fourth-order valence-corrected chi connectivity index (χ4v) is 3.32. The first-order chi connectivity index (χ1) is 15.4. The van der Waals surface area contributed by atoms with Crippen molar-refractivity contribution in [3.63, 3.8) is 0 Å². The van der Waals surface area contributed by atoms with Crippen LogP contribution in [0.15, 0.2) is 47.0 Å². The van der Waals surface area contributed by atoms with Crippen molar-refractivity contribution in [3.05, 3.63) is 53.4 Å². The highest BCUT2D eigenvalue weighted by Crippen LogP contribution is 2.35. The van der Waals surface area contributed by atoms with E-state index in [2.05, 4.69) is 20.8 Å². The van der Waals surface area contributed by atoms with Crippen molar-refractivity contribution < 1.29 is 18.8 Å². The van der Waals surface area contributed by atoms with Crippen molar-refractivity contribution in [3.8, 4) is 17.1 Å². The molecule has 0 bridgehead atoms. The van der Waals surface area contributed by atoms with E-state index < -0.39 is 0 Å². The fourth-order valence-electron chi connectivity index (χ4n) is 3.15. The summed E-state index contributed by atoms with van der Waals surface area (Å²) in [5.74, 6) is 0.924. The highest BCUT2D eigenvalue weighted by Gasteiger charge is 2.27. The number of anilines is 2. The third-order valence-electron chi connectivity index (χ3n) is 4.99. The predicted molar refractivity (Wildman–Crippen MR) is 120 cm³/mol. The second-order valence-electron chi connectivity index (χ2n) is 7.38. The van der Waals surface area contributed by atoms with E-state index in [4.69, 9.17) is 20.9 Å². The molecule has 0 aliphatic carbocycles. The Bertz CT molecular complexity index is 1150. The monoisotopic (exact) mass is 455 g/mol. The van der Waals surface area contributed by atoms with Crippen LogP contribution in [0.1, 0.15) is 26.2 Å². The molecule has 4 rings (SSSR count). The van der Waals surface area contributed by atoms with Crippen LogP contribution in [0, 0.1) is 0 Å². The van der Waals surface area contributed by atoms with E-state index in [0.717, 1.165) is 6.42 Å². The zero-order valence-electron chi connectivity index (χ0n) is 17.6. The van der Waals surface area contributed by atoms with Gasteiger partial charge in [-0.2, -0.15) is 4.98 Å². The largest absolute Gasteiger partial charge is 0.482 e. The van der Waals surface area contributed by atoms with Gasteiger partial charge in [-0.15, -0.1) is 0 Å². The fraction of sp³-hybridized carbons (Fsp3) is 0.273. The number of nitrogens with one attached hydrogen (secondary N) is 2. The molecule has 9 nitrogen and oxygen atoms in total. The molecule has 2 aromatic carbocycles. The molecule has 2 heterocycles. The first-order valence-electron chi connectivity index (χ1n) is 10.2. The summed E-state index contributed by atoms with van der Waals surface area (Å²) in [6.07, 6.45) is 0.835. The minimum atomic E-state index is -0.284. The molecule has 2 N–H and O–H groups in total. The second kappa shape index (κ2) is 9.27. The van der Waals surface area contributed by atoms with Gasteiger partial charge < -0.3 is 19.9 Å². The summed E-state index contributed by atoms with van der Waals surface area (Å²) >= 11 is 6.08. The summed E-state index contributed by atoms with van der Waals surface area (Å²) in [6.45, 7) is 3.93. The normalized spacial score (nSPS) is 13.8. The molecule has 0 saturated heterocycles. The highest BCUT2D eigenvalue weighted by molar-refractivity contribution is 6.31. The lowest BCUT2D eigenvalue weighted by Gasteiger charge is -2.28. The van der Waals surface area contributed by atoms with Crippen LogP contribution in [0.5, 0.6) is 5.75 Å². The Hall–Kier alpha value is -3.59. The van der Waals surface area contributed by atoms with Gasteiger partial charge in [0, 0.05) is 22.3 Å². The smallest absolute Gasteiger partial charge is 0.319 e. The number of benzene rings is 2. The molecule has 1 aromatic heterocycles. The first-order valence-corrected chi connectivity index (χ1v) is 10.5.